The van der Waals surface area contributed by atoms with Crippen molar-refractivity contribution in [2.24, 2.45) is 0 Å². The van der Waals surface area contributed by atoms with E-state index in [1.807, 2.05) is 36.4 Å². The van der Waals surface area contributed by atoms with E-state index in [1.54, 1.807) is 18.4 Å². The van der Waals surface area contributed by atoms with Crippen LogP contribution in [0.1, 0.15) is 4.88 Å². The first-order valence-electron chi connectivity index (χ1n) is 6.45. The fraction of sp³-hybridized carbons (Fsp3) is 0.118. The maximum absolute atomic E-state index is 5.27. The largest absolute Gasteiger partial charge is 0.497 e. The van der Waals surface area contributed by atoms with Gasteiger partial charge >= 0.3 is 0 Å². The van der Waals surface area contributed by atoms with E-state index in [4.69, 9.17) is 9.72 Å². The van der Waals surface area contributed by atoms with Gasteiger partial charge in [-0.15, -0.1) is 11.3 Å². The number of aromatic nitrogens is 1. The summed E-state index contributed by atoms with van der Waals surface area (Å²) in [6, 6.07) is 18.3. The molecule has 0 atom stereocenters. The third kappa shape index (κ3) is 2.45. The van der Waals surface area contributed by atoms with Crippen LogP contribution in [0.15, 0.2) is 54.6 Å². The number of hydrogen-bond acceptors (Lipinski definition) is 3. The summed E-state index contributed by atoms with van der Waals surface area (Å²) in [7, 11) is 1.68. The Bertz CT molecular complexity index is 719. The number of hydrogen-bond donors (Lipinski definition) is 0. The second-order valence-electron chi connectivity index (χ2n) is 4.52. The van der Waals surface area contributed by atoms with E-state index in [0.29, 0.717) is 0 Å². The van der Waals surface area contributed by atoms with E-state index in [2.05, 4.69) is 25.1 Å². The van der Waals surface area contributed by atoms with Crippen molar-refractivity contribution in [2.75, 3.05) is 7.11 Å². The lowest BCUT2D eigenvalue weighted by molar-refractivity contribution is 0.415. The molecule has 3 heteroatoms. The van der Waals surface area contributed by atoms with Crippen LogP contribution in [0, 0.1) is 6.92 Å². The molecular weight excluding hydrogens is 266 g/mol. The zero-order valence-electron chi connectivity index (χ0n) is 11.5. The fourth-order valence-electron chi connectivity index (χ4n) is 2.14. The molecule has 0 N–H and O–H groups in total. The van der Waals surface area contributed by atoms with Gasteiger partial charge in [0.1, 0.15) is 10.8 Å². The average Bonchev–Trinajstić information content (AvgIpc) is 2.90. The van der Waals surface area contributed by atoms with E-state index in [9.17, 15) is 0 Å². The van der Waals surface area contributed by atoms with Gasteiger partial charge in [-0.2, -0.15) is 0 Å². The first-order chi connectivity index (χ1) is 9.78. The molecule has 1 heterocycles. The molecule has 0 unspecified atom stereocenters. The van der Waals surface area contributed by atoms with Crippen LogP contribution < -0.4 is 4.74 Å². The number of aryl methyl sites for hydroxylation is 1. The topological polar surface area (TPSA) is 22.1 Å². The lowest BCUT2D eigenvalue weighted by Gasteiger charge is -2.01. The van der Waals surface area contributed by atoms with Crippen LogP contribution in [0.4, 0.5) is 0 Å². The monoisotopic (exact) mass is 281 g/mol. The average molecular weight is 281 g/mol. The second-order valence-corrected chi connectivity index (χ2v) is 5.72. The van der Waals surface area contributed by atoms with E-state index < -0.39 is 0 Å². The van der Waals surface area contributed by atoms with Crippen LogP contribution in [0.3, 0.4) is 0 Å². The summed E-state index contributed by atoms with van der Waals surface area (Å²) >= 11 is 1.71. The molecule has 100 valence electrons. The van der Waals surface area contributed by atoms with Gasteiger partial charge in [-0.3, -0.25) is 0 Å². The van der Waals surface area contributed by atoms with E-state index in [0.717, 1.165) is 27.6 Å². The van der Waals surface area contributed by atoms with Crippen molar-refractivity contribution >= 4 is 11.3 Å². The molecule has 0 fully saturated rings. The highest BCUT2D eigenvalue weighted by molar-refractivity contribution is 7.15. The van der Waals surface area contributed by atoms with Crippen LogP contribution in [0.5, 0.6) is 5.75 Å². The summed E-state index contributed by atoms with van der Waals surface area (Å²) in [6.45, 7) is 2.11. The molecule has 2 nitrogen and oxygen atoms in total. The molecule has 0 spiro atoms. The molecule has 0 saturated heterocycles. The Labute approximate surface area is 122 Å². The smallest absolute Gasteiger partial charge is 0.124 e. The zero-order valence-corrected chi connectivity index (χ0v) is 12.3. The number of methoxy groups -OCH3 is 1. The number of nitrogens with zero attached hydrogens (tertiary/aromatic N) is 1. The molecule has 1 aromatic heterocycles. The molecule has 3 rings (SSSR count). The Morgan fingerprint density at radius 3 is 2.45 bits per heavy atom. The van der Waals surface area contributed by atoms with Crippen molar-refractivity contribution in [2.45, 2.75) is 6.92 Å². The Hall–Kier alpha value is -2.13. The SMILES string of the molecule is COc1cccc(-c2nc(-c3ccccc3)c(C)s2)c1. The first-order valence-corrected chi connectivity index (χ1v) is 7.27. The third-order valence-corrected chi connectivity index (χ3v) is 4.18. The highest BCUT2D eigenvalue weighted by atomic mass is 32.1. The predicted molar refractivity (Wildman–Crippen MR) is 84.3 cm³/mol. The minimum absolute atomic E-state index is 0.858. The number of benzene rings is 2. The standard InChI is InChI=1S/C17H15NOS/c1-12-16(13-7-4-3-5-8-13)18-17(20-12)14-9-6-10-15(11-14)19-2/h3-11H,1-2H3. The summed E-state index contributed by atoms with van der Waals surface area (Å²) in [4.78, 5) is 6.02. The normalized spacial score (nSPS) is 10.5. The summed E-state index contributed by atoms with van der Waals surface area (Å²) in [5, 5.41) is 1.03. The van der Waals surface area contributed by atoms with E-state index in [1.165, 1.54) is 4.88 Å². The van der Waals surface area contributed by atoms with Crippen LogP contribution in [-0.2, 0) is 0 Å². The second kappa shape index (κ2) is 5.47. The van der Waals surface area contributed by atoms with Gasteiger partial charge in [-0.1, -0.05) is 42.5 Å². The predicted octanol–water partition coefficient (Wildman–Crippen LogP) is 4.79. The van der Waals surface area contributed by atoms with E-state index in [-0.39, 0.29) is 0 Å². The highest BCUT2D eigenvalue weighted by Gasteiger charge is 2.11. The number of ether oxygens (including phenoxy) is 1. The quantitative estimate of drug-likeness (QED) is 0.688. The lowest BCUT2D eigenvalue weighted by atomic mass is 10.1. The maximum atomic E-state index is 5.27. The molecule has 0 saturated carbocycles. The van der Waals surface area contributed by atoms with Crippen molar-refractivity contribution in [3.63, 3.8) is 0 Å². The van der Waals surface area contributed by atoms with Gasteiger partial charge in [-0.05, 0) is 19.1 Å². The minimum atomic E-state index is 0.858. The van der Waals surface area contributed by atoms with Crippen molar-refractivity contribution < 1.29 is 4.74 Å². The molecule has 3 aromatic rings. The van der Waals surface area contributed by atoms with Gasteiger partial charge in [0.25, 0.3) is 0 Å². The summed E-state index contributed by atoms with van der Waals surface area (Å²) in [6.07, 6.45) is 0. The van der Waals surface area contributed by atoms with Crippen LogP contribution in [0.2, 0.25) is 0 Å². The van der Waals surface area contributed by atoms with E-state index >= 15 is 0 Å². The summed E-state index contributed by atoms with van der Waals surface area (Å²) in [5.41, 5.74) is 3.32. The Morgan fingerprint density at radius 1 is 0.950 bits per heavy atom. The van der Waals surface area contributed by atoms with Crippen molar-refractivity contribution in [1.82, 2.24) is 4.98 Å². The first kappa shape index (κ1) is 12.9. The molecule has 0 amide bonds. The Morgan fingerprint density at radius 2 is 1.70 bits per heavy atom. The van der Waals surface area contributed by atoms with Crippen molar-refractivity contribution in [1.29, 1.82) is 0 Å². The number of thiazole rings is 1. The fourth-order valence-corrected chi connectivity index (χ4v) is 3.07. The number of rotatable bonds is 3. The summed E-state index contributed by atoms with van der Waals surface area (Å²) in [5.74, 6) is 0.858. The molecule has 0 bridgehead atoms. The molecule has 0 aliphatic heterocycles. The minimum Gasteiger partial charge on any atom is -0.497 e. The third-order valence-electron chi connectivity index (χ3n) is 3.16. The Balaban J connectivity index is 2.04. The van der Waals surface area contributed by atoms with Crippen LogP contribution in [0.25, 0.3) is 21.8 Å². The zero-order chi connectivity index (χ0) is 13.9. The van der Waals surface area contributed by atoms with Gasteiger partial charge in [0.05, 0.1) is 12.8 Å². The maximum Gasteiger partial charge on any atom is 0.124 e. The highest BCUT2D eigenvalue weighted by Crippen LogP contribution is 2.34. The van der Waals surface area contributed by atoms with Gasteiger partial charge in [0.15, 0.2) is 0 Å². The molecule has 0 radical (unpaired) electrons. The molecule has 0 aliphatic carbocycles. The van der Waals surface area contributed by atoms with Crippen LogP contribution >= 0.6 is 11.3 Å². The van der Waals surface area contributed by atoms with Gasteiger partial charge in [0.2, 0.25) is 0 Å². The van der Waals surface area contributed by atoms with Crippen molar-refractivity contribution in [3.8, 4) is 27.6 Å². The van der Waals surface area contributed by atoms with Crippen molar-refractivity contribution in [3.05, 3.63) is 59.5 Å². The molecule has 20 heavy (non-hydrogen) atoms. The molecular formula is C17H15NOS. The lowest BCUT2D eigenvalue weighted by Crippen LogP contribution is -1.84. The summed E-state index contributed by atoms with van der Waals surface area (Å²) < 4.78 is 5.27. The van der Waals surface area contributed by atoms with Gasteiger partial charge in [-0.25, -0.2) is 4.98 Å². The molecule has 0 aliphatic rings. The van der Waals surface area contributed by atoms with Crippen LogP contribution in [-0.4, -0.2) is 12.1 Å². The molecule has 2 aromatic carbocycles. The van der Waals surface area contributed by atoms with Gasteiger partial charge in [0, 0.05) is 16.0 Å². The van der Waals surface area contributed by atoms with Gasteiger partial charge < -0.3 is 4.74 Å². The Kier molecular flexibility index (Phi) is 3.52.